The first kappa shape index (κ1) is 39.3. The molecule has 0 aromatic rings. The molecule has 268 valence electrons. The SMILES string of the molecule is CO[C@]1(C)C[C@@H](C)C(=O)C(C)C(O)[C@](C)(O)COC(=O)C(C)[C@@H](O[C@H]2CC(C)CC(C)O2)[C@H](C)[C@H]1OC1CC(N(C)C)CC(C)O1. The third kappa shape index (κ3) is 9.49. The summed E-state index contributed by atoms with van der Waals surface area (Å²) in [6.07, 6.45) is -0.704. The van der Waals surface area contributed by atoms with Crippen LogP contribution in [0.2, 0.25) is 0 Å². The van der Waals surface area contributed by atoms with Crippen molar-refractivity contribution >= 4 is 11.8 Å². The van der Waals surface area contributed by atoms with Crippen molar-refractivity contribution in [2.45, 2.75) is 155 Å². The minimum Gasteiger partial charge on any atom is -0.462 e. The Balaban J connectivity index is 2.11. The highest BCUT2D eigenvalue weighted by Crippen LogP contribution is 2.40. The monoisotopic (exact) mass is 657 g/mol. The van der Waals surface area contributed by atoms with E-state index < -0.39 is 78.3 Å². The molecule has 11 nitrogen and oxygen atoms in total. The lowest BCUT2D eigenvalue weighted by molar-refractivity contribution is -0.286. The van der Waals surface area contributed by atoms with Gasteiger partial charge < -0.3 is 43.5 Å². The van der Waals surface area contributed by atoms with Gasteiger partial charge in [-0.05, 0) is 73.9 Å². The molecule has 3 fully saturated rings. The van der Waals surface area contributed by atoms with Gasteiger partial charge in [-0.1, -0.05) is 27.7 Å². The quantitative estimate of drug-likeness (QED) is 0.403. The van der Waals surface area contributed by atoms with E-state index >= 15 is 0 Å². The van der Waals surface area contributed by atoms with Crippen LogP contribution < -0.4 is 0 Å². The van der Waals surface area contributed by atoms with Crippen LogP contribution in [0.5, 0.6) is 0 Å². The molecule has 0 radical (unpaired) electrons. The third-order valence-electron chi connectivity index (χ3n) is 10.7. The Morgan fingerprint density at radius 2 is 1.43 bits per heavy atom. The predicted molar refractivity (Wildman–Crippen MR) is 173 cm³/mol. The van der Waals surface area contributed by atoms with Gasteiger partial charge in [-0.2, -0.15) is 0 Å². The fourth-order valence-electron chi connectivity index (χ4n) is 7.80. The molecule has 11 heteroatoms. The van der Waals surface area contributed by atoms with Crippen LogP contribution in [0.25, 0.3) is 0 Å². The third-order valence-corrected chi connectivity index (χ3v) is 10.7. The summed E-state index contributed by atoms with van der Waals surface area (Å²) in [5.74, 6) is -3.21. The first-order valence-corrected chi connectivity index (χ1v) is 17.2. The smallest absolute Gasteiger partial charge is 0.311 e. The molecular formula is C35H63NO10. The highest BCUT2D eigenvalue weighted by atomic mass is 16.7. The topological polar surface area (TPSA) is 133 Å². The van der Waals surface area contributed by atoms with Crippen molar-refractivity contribution < 1.29 is 48.2 Å². The molecule has 3 aliphatic rings. The fourth-order valence-corrected chi connectivity index (χ4v) is 7.80. The van der Waals surface area contributed by atoms with Crippen LogP contribution >= 0.6 is 0 Å². The van der Waals surface area contributed by atoms with Crippen molar-refractivity contribution in [3.63, 3.8) is 0 Å². The molecule has 3 saturated heterocycles. The summed E-state index contributed by atoms with van der Waals surface area (Å²) in [4.78, 5) is 29.6. The fraction of sp³-hybridized carbons (Fsp3) is 0.943. The molecule has 3 aliphatic heterocycles. The second-order valence-electron chi connectivity index (χ2n) is 15.4. The molecule has 3 rings (SSSR count). The lowest BCUT2D eigenvalue weighted by atomic mass is 9.74. The van der Waals surface area contributed by atoms with Gasteiger partial charge in [0.1, 0.15) is 18.0 Å². The largest absolute Gasteiger partial charge is 0.462 e. The number of carbonyl (C=O) groups excluding carboxylic acids is 2. The Kier molecular flexibility index (Phi) is 13.7. The molecule has 2 N–H and O–H groups in total. The number of methoxy groups -OCH3 is 1. The second-order valence-corrected chi connectivity index (χ2v) is 15.4. The van der Waals surface area contributed by atoms with E-state index in [0.717, 1.165) is 12.8 Å². The number of hydrogen-bond acceptors (Lipinski definition) is 11. The van der Waals surface area contributed by atoms with Crippen LogP contribution in [0, 0.1) is 29.6 Å². The first-order chi connectivity index (χ1) is 21.3. The van der Waals surface area contributed by atoms with Gasteiger partial charge in [-0.25, -0.2) is 0 Å². The second kappa shape index (κ2) is 16.0. The zero-order valence-corrected chi connectivity index (χ0v) is 30.4. The van der Waals surface area contributed by atoms with Gasteiger partial charge in [0.25, 0.3) is 0 Å². The van der Waals surface area contributed by atoms with E-state index in [1.165, 1.54) is 6.92 Å². The molecule has 8 unspecified atom stereocenters. The molecule has 46 heavy (non-hydrogen) atoms. The maximum absolute atomic E-state index is 13.7. The molecule has 0 spiro atoms. The zero-order valence-electron chi connectivity index (χ0n) is 30.4. The molecule has 0 bridgehead atoms. The number of nitrogens with zero attached hydrogens (tertiary/aromatic N) is 1. The number of rotatable bonds is 6. The molecular weight excluding hydrogens is 594 g/mol. The summed E-state index contributed by atoms with van der Waals surface area (Å²) >= 11 is 0. The van der Waals surface area contributed by atoms with Crippen LogP contribution in [-0.2, 0) is 38.0 Å². The number of ketones is 1. The van der Waals surface area contributed by atoms with E-state index in [2.05, 4.69) is 11.8 Å². The standard InChI is InChI=1S/C35H63NO10/c1-19-13-21(3)43-27(14-19)45-30-24(6)32(46-28-16-26(36(10)11)15-22(4)44-28)35(9,41-12)17-20(2)29(37)23(5)31(38)34(8,40)18-42-33(39)25(30)7/h19-28,30-32,38,40H,13-18H2,1-12H3/t19?,20-,21?,22?,23?,24+,25?,26?,27+,28?,30+,31?,32-,34-,35-/m1/s1. The number of aliphatic hydroxyl groups excluding tert-OH is 1. The highest BCUT2D eigenvalue weighted by Gasteiger charge is 2.50. The van der Waals surface area contributed by atoms with E-state index in [-0.39, 0.29) is 30.5 Å². The normalized spacial score (nSPS) is 47.3. The van der Waals surface area contributed by atoms with Gasteiger partial charge in [0.2, 0.25) is 0 Å². The summed E-state index contributed by atoms with van der Waals surface area (Å²) < 4.78 is 38.1. The Labute approximate surface area is 276 Å². The van der Waals surface area contributed by atoms with Crippen molar-refractivity contribution in [3.8, 4) is 0 Å². The minimum atomic E-state index is -1.85. The maximum atomic E-state index is 13.7. The van der Waals surface area contributed by atoms with E-state index in [9.17, 15) is 19.8 Å². The van der Waals surface area contributed by atoms with Crippen molar-refractivity contribution in [1.29, 1.82) is 0 Å². The maximum Gasteiger partial charge on any atom is 0.311 e. The van der Waals surface area contributed by atoms with Gasteiger partial charge >= 0.3 is 5.97 Å². The highest BCUT2D eigenvalue weighted by molar-refractivity contribution is 5.83. The summed E-state index contributed by atoms with van der Waals surface area (Å²) in [5.41, 5.74) is -2.88. The summed E-state index contributed by atoms with van der Waals surface area (Å²) in [6.45, 7) is 16.1. The lowest BCUT2D eigenvalue weighted by Gasteiger charge is -2.48. The Hall–Kier alpha value is -1.18. The predicted octanol–water partition coefficient (Wildman–Crippen LogP) is 3.95. The van der Waals surface area contributed by atoms with E-state index in [0.29, 0.717) is 18.8 Å². The number of Topliss-reactive ketones (excluding diaryl/α,β-unsaturated/α-hetero) is 1. The summed E-state index contributed by atoms with van der Waals surface area (Å²) in [7, 11) is 5.69. The zero-order chi connectivity index (χ0) is 34.7. The van der Waals surface area contributed by atoms with Gasteiger partial charge in [0.15, 0.2) is 12.6 Å². The Morgan fingerprint density at radius 1 is 0.848 bits per heavy atom. The minimum absolute atomic E-state index is 0.00774. The molecule has 0 amide bonds. The molecule has 0 aromatic carbocycles. The first-order valence-electron chi connectivity index (χ1n) is 17.2. The van der Waals surface area contributed by atoms with Crippen LogP contribution in [0.15, 0.2) is 0 Å². The van der Waals surface area contributed by atoms with Crippen LogP contribution in [0.1, 0.15) is 94.4 Å². The van der Waals surface area contributed by atoms with E-state index in [1.54, 1.807) is 21.0 Å². The number of cyclic esters (lactones) is 1. The van der Waals surface area contributed by atoms with Crippen LogP contribution in [0.3, 0.4) is 0 Å². The van der Waals surface area contributed by atoms with E-state index in [4.69, 9.17) is 28.4 Å². The van der Waals surface area contributed by atoms with Crippen molar-refractivity contribution in [1.82, 2.24) is 4.90 Å². The molecule has 0 saturated carbocycles. The van der Waals surface area contributed by atoms with Gasteiger partial charge in [-0.3, -0.25) is 9.59 Å². The van der Waals surface area contributed by atoms with Crippen LogP contribution in [0.4, 0.5) is 0 Å². The van der Waals surface area contributed by atoms with Crippen molar-refractivity contribution in [2.75, 3.05) is 27.8 Å². The number of aliphatic hydroxyl groups is 2. The average Bonchev–Trinajstić information content (AvgIpc) is 2.98. The number of ether oxygens (including phenoxy) is 6. The molecule has 0 aromatic heterocycles. The molecule has 15 atom stereocenters. The van der Waals surface area contributed by atoms with Crippen LogP contribution in [-0.4, -0.2) is 115 Å². The van der Waals surface area contributed by atoms with Gasteiger partial charge in [0.05, 0.1) is 42.0 Å². The molecule has 3 heterocycles. The number of carbonyl (C=O) groups is 2. The van der Waals surface area contributed by atoms with Gasteiger partial charge in [0, 0.05) is 43.7 Å². The van der Waals surface area contributed by atoms with Gasteiger partial charge in [-0.15, -0.1) is 0 Å². The summed E-state index contributed by atoms with van der Waals surface area (Å²) in [5, 5.41) is 22.2. The number of hydrogen-bond donors (Lipinski definition) is 2. The average molecular weight is 658 g/mol. The lowest BCUT2D eigenvalue weighted by Crippen LogP contribution is -2.57. The van der Waals surface area contributed by atoms with Crippen molar-refractivity contribution in [2.24, 2.45) is 29.6 Å². The van der Waals surface area contributed by atoms with E-state index in [1.807, 2.05) is 48.7 Å². The number of esters is 1. The Bertz CT molecular complexity index is 998. The van der Waals surface area contributed by atoms with Crippen molar-refractivity contribution in [3.05, 3.63) is 0 Å². The molecule has 0 aliphatic carbocycles. The Morgan fingerprint density at radius 3 is 2.00 bits per heavy atom. The summed E-state index contributed by atoms with van der Waals surface area (Å²) in [6, 6.07) is 0.242.